The summed E-state index contributed by atoms with van der Waals surface area (Å²) in [5.41, 5.74) is 0.787. The number of nitrogens with zero attached hydrogens (tertiary/aromatic N) is 2. The molecule has 1 atom stereocenters. The second-order valence-corrected chi connectivity index (χ2v) is 5.37. The summed E-state index contributed by atoms with van der Waals surface area (Å²) in [6.45, 7) is 11.3. The van der Waals surface area contributed by atoms with Crippen molar-refractivity contribution in [1.82, 2.24) is 15.3 Å². The standard InChI is InChI=1S/C14H24N4O2/c1-8(2)15-13(19)11(6)17-14-16-10(5)7-12(18-14)20-9(3)4/h7-9,11H,1-6H3,(H,15,19)(H,16,17,18). The molecule has 112 valence electrons. The van der Waals surface area contributed by atoms with Crippen LogP contribution in [-0.4, -0.2) is 34.1 Å². The van der Waals surface area contributed by atoms with Gasteiger partial charge in [0.05, 0.1) is 6.10 Å². The zero-order valence-corrected chi connectivity index (χ0v) is 13.0. The molecule has 2 N–H and O–H groups in total. The molecule has 0 radical (unpaired) electrons. The van der Waals surface area contributed by atoms with Gasteiger partial charge in [-0.2, -0.15) is 4.98 Å². The van der Waals surface area contributed by atoms with Crippen LogP contribution >= 0.6 is 0 Å². The van der Waals surface area contributed by atoms with E-state index < -0.39 is 6.04 Å². The maximum Gasteiger partial charge on any atom is 0.242 e. The van der Waals surface area contributed by atoms with Crippen molar-refractivity contribution in [3.8, 4) is 5.88 Å². The molecule has 1 rings (SSSR count). The van der Waals surface area contributed by atoms with E-state index in [0.29, 0.717) is 11.8 Å². The molecular formula is C14H24N4O2. The van der Waals surface area contributed by atoms with Crippen molar-refractivity contribution >= 4 is 11.9 Å². The molecule has 1 aromatic heterocycles. The Balaban J connectivity index is 2.76. The molecule has 20 heavy (non-hydrogen) atoms. The van der Waals surface area contributed by atoms with E-state index >= 15 is 0 Å². The van der Waals surface area contributed by atoms with E-state index in [1.807, 2.05) is 34.6 Å². The van der Waals surface area contributed by atoms with Gasteiger partial charge in [-0.1, -0.05) is 0 Å². The summed E-state index contributed by atoms with van der Waals surface area (Å²) < 4.78 is 5.55. The Morgan fingerprint density at radius 2 is 1.85 bits per heavy atom. The first-order valence-corrected chi connectivity index (χ1v) is 6.87. The number of carbonyl (C=O) groups excluding carboxylic acids is 1. The molecule has 0 fully saturated rings. The summed E-state index contributed by atoms with van der Waals surface area (Å²) in [4.78, 5) is 20.4. The minimum atomic E-state index is -0.411. The molecule has 0 aliphatic carbocycles. The van der Waals surface area contributed by atoms with Crippen molar-refractivity contribution in [2.75, 3.05) is 5.32 Å². The van der Waals surface area contributed by atoms with Gasteiger partial charge in [0.1, 0.15) is 6.04 Å². The second-order valence-electron chi connectivity index (χ2n) is 5.37. The molecule has 1 heterocycles. The summed E-state index contributed by atoms with van der Waals surface area (Å²) in [5.74, 6) is 0.815. The van der Waals surface area contributed by atoms with Crippen LogP contribution in [-0.2, 0) is 4.79 Å². The van der Waals surface area contributed by atoms with Gasteiger partial charge in [0.15, 0.2) is 0 Å². The average Bonchev–Trinajstić information content (AvgIpc) is 2.25. The van der Waals surface area contributed by atoms with Gasteiger partial charge in [0.2, 0.25) is 17.7 Å². The number of aryl methyl sites for hydroxylation is 1. The zero-order chi connectivity index (χ0) is 15.3. The lowest BCUT2D eigenvalue weighted by atomic mass is 10.3. The van der Waals surface area contributed by atoms with Crippen molar-refractivity contribution in [1.29, 1.82) is 0 Å². The van der Waals surface area contributed by atoms with Gasteiger partial charge >= 0.3 is 0 Å². The first-order chi connectivity index (χ1) is 9.27. The van der Waals surface area contributed by atoms with Crippen molar-refractivity contribution in [3.05, 3.63) is 11.8 Å². The van der Waals surface area contributed by atoms with Crippen LogP contribution < -0.4 is 15.4 Å². The maximum atomic E-state index is 11.8. The van der Waals surface area contributed by atoms with Gasteiger partial charge in [-0.25, -0.2) is 4.98 Å². The number of rotatable bonds is 6. The Kier molecular flexibility index (Phi) is 5.73. The minimum Gasteiger partial charge on any atom is -0.475 e. The third-order valence-electron chi connectivity index (χ3n) is 2.36. The van der Waals surface area contributed by atoms with Crippen LogP contribution in [0.4, 0.5) is 5.95 Å². The fourth-order valence-corrected chi connectivity index (χ4v) is 1.57. The molecule has 1 aromatic rings. The van der Waals surface area contributed by atoms with E-state index in [9.17, 15) is 4.79 Å². The van der Waals surface area contributed by atoms with Gasteiger partial charge in [0, 0.05) is 17.8 Å². The average molecular weight is 280 g/mol. The van der Waals surface area contributed by atoms with Gasteiger partial charge < -0.3 is 15.4 Å². The largest absolute Gasteiger partial charge is 0.475 e. The van der Waals surface area contributed by atoms with Gasteiger partial charge in [-0.05, 0) is 41.5 Å². The molecule has 1 amide bonds. The third-order valence-corrected chi connectivity index (χ3v) is 2.36. The summed E-state index contributed by atoms with van der Waals surface area (Å²) in [6, 6.07) is 1.46. The summed E-state index contributed by atoms with van der Waals surface area (Å²) in [7, 11) is 0. The highest BCUT2D eigenvalue weighted by atomic mass is 16.5. The van der Waals surface area contributed by atoms with Crippen LogP contribution in [0.5, 0.6) is 5.88 Å². The van der Waals surface area contributed by atoms with Crippen LogP contribution in [0.25, 0.3) is 0 Å². The highest BCUT2D eigenvalue weighted by Crippen LogP contribution is 2.14. The lowest BCUT2D eigenvalue weighted by Crippen LogP contribution is -2.41. The molecule has 0 aliphatic heterocycles. The molecule has 0 bridgehead atoms. The Morgan fingerprint density at radius 1 is 1.20 bits per heavy atom. The number of anilines is 1. The number of ether oxygens (including phenoxy) is 1. The topological polar surface area (TPSA) is 76.1 Å². The molecule has 0 saturated heterocycles. The summed E-state index contributed by atoms with van der Waals surface area (Å²) >= 11 is 0. The Morgan fingerprint density at radius 3 is 2.40 bits per heavy atom. The molecule has 0 aromatic carbocycles. The van der Waals surface area contributed by atoms with Crippen LogP contribution in [0.1, 0.15) is 40.3 Å². The molecule has 0 spiro atoms. The smallest absolute Gasteiger partial charge is 0.242 e. The predicted octanol–water partition coefficient (Wildman–Crippen LogP) is 1.90. The number of hydrogen-bond acceptors (Lipinski definition) is 5. The quantitative estimate of drug-likeness (QED) is 0.832. The van der Waals surface area contributed by atoms with Crippen LogP contribution in [0.3, 0.4) is 0 Å². The van der Waals surface area contributed by atoms with Crippen LogP contribution in [0.15, 0.2) is 6.07 Å². The lowest BCUT2D eigenvalue weighted by Gasteiger charge is -2.17. The third kappa shape index (κ3) is 5.42. The fourth-order valence-electron chi connectivity index (χ4n) is 1.57. The van der Waals surface area contributed by atoms with Gasteiger partial charge in [-0.15, -0.1) is 0 Å². The Labute approximate surface area is 120 Å². The monoisotopic (exact) mass is 280 g/mol. The van der Waals surface area contributed by atoms with Crippen LogP contribution in [0, 0.1) is 6.92 Å². The first kappa shape index (κ1) is 16.2. The molecule has 6 nitrogen and oxygen atoms in total. The minimum absolute atomic E-state index is 0.0406. The predicted molar refractivity (Wildman–Crippen MR) is 78.9 cm³/mol. The Bertz CT molecular complexity index is 460. The lowest BCUT2D eigenvalue weighted by molar-refractivity contribution is -0.122. The number of nitrogens with one attached hydrogen (secondary N) is 2. The molecule has 6 heteroatoms. The van der Waals surface area contributed by atoms with Crippen molar-refractivity contribution in [3.63, 3.8) is 0 Å². The SMILES string of the molecule is Cc1cc(OC(C)C)nc(NC(C)C(=O)NC(C)C)n1. The fraction of sp³-hybridized carbons (Fsp3) is 0.643. The molecule has 0 saturated carbocycles. The zero-order valence-electron chi connectivity index (χ0n) is 13.0. The van der Waals surface area contributed by atoms with Crippen molar-refractivity contribution in [2.24, 2.45) is 0 Å². The Hall–Kier alpha value is -1.85. The number of amides is 1. The highest BCUT2D eigenvalue weighted by molar-refractivity contribution is 5.83. The molecule has 1 unspecified atom stereocenters. The van der Waals surface area contributed by atoms with Gasteiger partial charge in [0.25, 0.3) is 0 Å². The van der Waals surface area contributed by atoms with E-state index in [1.165, 1.54) is 0 Å². The second kappa shape index (κ2) is 7.07. The van der Waals surface area contributed by atoms with Gasteiger partial charge in [-0.3, -0.25) is 4.79 Å². The van der Waals surface area contributed by atoms with Crippen LogP contribution in [0.2, 0.25) is 0 Å². The summed E-state index contributed by atoms with van der Waals surface area (Å²) in [5, 5.41) is 5.82. The van der Waals surface area contributed by atoms with E-state index in [0.717, 1.165) is 5.69 Å². The van der Waals surface area contributed by atoms with Crippen molar-refractivity contribution < 1.29 is 9.53 Å². The number of hydrogen-bond donors (Lipinski definition) is 2. The molecular weight excluding hydrogens is 256 g/mol. The first-order valence-electron chi connectivity index (χ1n) is 6.87. The normalized spacial score (nSPS) is 12.4. The van der Waals surface area contributed by atoms with E-state index in [2.05, 4.69) is 20.6 Å². The van der Waals surface area contributed by atoms with Crippen molar-refractivity contribution in [2.45, 2.75) is 59.7 Å². The number of aromatic nitrogens is 2. The number of carbonyl (C=O) groups is 1. The molecule has 0 aliphatic rings. The van der Waals surface area contributed by atoms with E-state index in [4.69, 9.17) is 4.74 Å². The highest BCUT2D eigenvalue weighted by Gasteiger charge is 2.15. The maximum absolute atomic E-state index is 11.8. The summed E-state index contributed by atoms with van der Waals surface area (Å²) in [6.07, 6.45) is 0.0406. The van der Waals surface area contributed by atoms with E-state index in [-0.39, 0.29) is 18.1 Å². The van der Waals surface area contributed by atoms with E-state index in [1.54, 1.807) is 13.0 Å².